The van der Waals surface area contributed by atoms with Crippen LogP contribution in [0.4, 0.5) is 4.79 Å². The van der Waals surface area contributed by atoms with Crippen LogP contribution in [-0.2, 0) is 11.3 Å². The standard InChI is InChI=1S/C16H20Cl2N4O2/c17-12-2-1-11(9-13(12)18)10-21-5-7-22(8-6-21)16(24)20-14-3-4-19-15(14)23/h1-2,9,14H,3-8,10H2,(H,19,23)(H,20,24)/t14-/m0/s1. The second-order valence-corrected chi connectivity index (χ2v) is 6.91. The number of benzene rings is 1. The lowest BCUT2D eigenvalue weighted by Crippen LogP contribution is -2.54. The molecule has 0 aromatic heterocycles. The predicted molar refractivity (Wildman–Crippen MR) is 93.3 cm³/mol. The Balaban J connectivity index is 1.47. The van der Waals surface area contributed by atoms with Gasteiger partial charge < -0.3 is 15.5 Å². The summed E-state index contributed by atoms with van der Waals surface area (Å²) < 4.78 is 0. The predicted octanol–water partition coefficient (Wildman–Crippen LogP) is 1.71. The number of carbonyl (C=O) groups is 2. The minimum absolute atomic E-state index is 0.0957. The highest BCUT2D eigenvalue weighted by Gasteiger charge is 2.28. The molecule has 0 spiro atoms. The first-order valence-electron chi connectivity index (χ1n) is 8.02. The maximum absolute atomic E-state index is 12.2. The lowest BCUT2D eigenvalue weighted by Gasteiger charge is -2.35. The SMILES string of the molecule is O=C1NCC[C@@H]1NC(=O)N1CCN(Cc2ccc(Cl)c(Cl)c2)CC1. The average molecular weight is 371 g/mol. The van der Waals surface area contributed by atoms with Crippen LogP contribution in [0.2, 0.25) is 10.0 Å². The van der Waals surface area contributed by atoms with Gasteiger partial charge in [-0.25, -0.2) is 4.79 Å². The Morgan fingerprint density at radius 3 is 2.58 bits per heavy atom. The maximum Gasteiger partial charge on any atom is 0.318 e. The number of hydrogen-bond acceptors (Lipinski definition) is 3. The van der Waals surface area contributed by atoms with E-state index >= 15 is 0 Å². The Morgan fingerprint density at radius 1 is 1.21 bits per heavy atom. The van der Waals surface area contributed by atoms with Crippen LogP contribution in [0.5, 0.6) is 0 Å². The molecule has 6 nitrogen and oxygen atoms in total. The molecule has 130 valence electrons. The van der Waals surface area contributed by atoms with Crippen molar-refractivity contribution in [1.29, 1.82) is 0 Å². The third kappa shape index (κ3) is 4.12. The summed E-state index contributed by atoms with van der Waals surface area (Å²) in [7, 11) is 0. The minimum atomic E-state index is -0.397. The first-order valence-corrected chi connectivity index (χ1v) is 8.78. The van der Waals surface area contributed by atoms with Crippen molar-refractivity contribution in [3.8, 4) is 0 Å². The first kappa shape index (κ1) is 17.3. The van der Waals surface area contributed by atoms with Gasteiger partial charge in [0.25, 0.3) is 0 Å². The quantitative estimate of drug-likeness (QED) is 0.850. The third-order valence-corrected chi connectivity index (χ3v) is 5.14. The van der Waals surface area contributed by atoms with E-state index < -0.39 is 6.04 Å². The van der Waals surface area contributed by atoms with Crippen LogP contribution in [-0.4, -0.2) is 60.5 Å². The van der Waals surface area contributed by atoms with Crippen molar-refractivity contribution in [2.24, 2.45) is 0 Å². The van der Waals surface area contributed by atoms with Gasteiger partial charge in [-0.3, -0.25) is 9.69 Å². The van der Waals surface area contributed by atoms with Crippen molar-refractivity contribution in [1.82, 2.24) is 20.4 Å². The van der Waals surface area contributed by atoms with E-state index in [1.807, 2.05) is 12.1 Å². The van der Waals surface area contributed by atoms with E-state index in [1.54, 1.807) is 11.0 Å². The number of hydrogen-bond donors (Lipinski definition) is 2. The summed E-state index contributed by atoms with van der Waals surface area (Å²) in [6.07, 6.45) is 0.655. The fourth-order valence-corrected chi connectivity index (χ4v) is 3.30. The fourth-order valence-electron chi connectivity index (χ4n) is 2.98. The van der Waals surface area contributed by atoms with Crippen molar-refractivity contribution >= 4 is 35.1 Å². The minimum Gasteiger partial charge on any atom is -0.354 e. The molecule has 2 heterocycles. The number of urea groups is 1. The average Bonchev–Trinajstić information content (AvgIpc) is 2.97. The fraction of sp³-hybridized carbons (Fsp3) is 0.500. The summed E-state index contributed by atoms with van der Waals surface area (Å²) >= 11 is 12.0. The molecule has 8 heteroatoms. The van der Waals surface area contributed by atoms with Crippen molar-refractivity contribution < 1.29 is 9.59 Å². The Kier molecular flexibility index (Phi) is 5.48. The van der Waals surface area contributed by atoms with Crippen LogP contribution < -0.4 is 10.6 Å². The second-order valence-electron chi connectivity index (χ2n) is 6.09. The van der Waals surface area contributed by atoms with Gasteiger partial charge in [-0.2, -0.15) is 0 Å². The number of piperazine rings is 1. The number of nitrogens with one attached hydrogen (secondary N) is 2. The smallest absolute Gasteiger partial charge is 0.318 e. The number of halogens is 2. The largest absolute Gasteiger partial charge is 0.354 e. The number of amides is 3. The van der Waals surface area contributed by atoms with E-state index in [9.17, 15) is 9.59 Å². The molecule has 3 amide bonds. The molecular formula is C16H20Cl2N4O2. The molecular weight excluding hydrogens is 351 g/mol. The van der Waals surface area contributed by atoms with Crippen LogP contribution >= 0.6 is 23.2 Å². The molecule has 0 radical (unpaired) electrons. The topological polar surface area (TPSA) is 64.7 Å². The normalized spacial score (nSPS) is 21.7. The van der Waals surface area contributed by atoms with E-state index in [0.29, 0.717) is 36.1 Å². The third-order valence-electron chi connectivity index (χ3n) is 4.40. The Bertz CT molecular complexity index is 633. The zero-order valence-electron chi connectivity index (χ0n) is 13.2. The molecule has 1 aromatic rings. The molecule has 24 heavy (non-hydrogen) atoms. The van der Waals surface area contributed by atoms with Crippen molar-refractivity contribution in [3.05, 3.63) is 33.8 Å². The van der Waals surface area contributed by atoms with Gasteiger partial charge in [-0.1, -0.05) is 29.3 Å². The zero-order chi connectivity index (χ0) is 17.1. The molecule has 2 N–H and O–H groups in total. The van der Waals surface area contributed by atoms with Gasteiger partial charge >= 0.3 is 6.03 Å². The first-order chi connectivity index (χ1) is 11.5. The van der Waals surface area contributed by atoms with E-state index in [2.05, 4.69) is 15.5 Å². The van der Waals surface area contributed by atoms with Crippen molar-refractivity contribution in [2.45, 2.75) is 19.0 Å². The lowest BCUT2D eigenvalue weighted by molar-refractivity contribution is -0.120. The molecule has 0 unspecified atom stereocenters. The van der Waals surface area contributed by atoms with Gasteiger partial charge in [0, 0.05) is 39.3 Å². The van der Waals surface area contributed by atoms with Crippen LogP contribution in [0.15, 0.2) is 18.2 Å². The molecule has 2 aliphatic heterocycles. The van der Waals surface area contributed by atoms with E-state index in [-0.39, 0.29) is 11.9 Å². The maximum atomic E-state index is 12.2. The highest BCUT2D eigenvalue weighted by Crippen LogP contribution is 2.23. The van der Waals surface area contributed by atoms with Gasteiger partial charge in [0.15, 0.2) is 0 Å². The molecule has 1 aromatic carbocycles. The summed E-state index contributed by atoms with van der Waals surface area (Å²) in [4.78, 5) is 27.8. The Morgan fingerprint density at radius 2 is 1.96 bits per heavy atom. The molecule has 0 saturated carbocycles. The van der Waals surface area contributed by atoms with Crippen molar-refractivity contribution in [2.75, 3.05) is 32.7 Å². The van der Waals surface area contributed by atoms with E-state index in [4.69, 9.17) is 23.2 Å². The van der Waals surface area contributed by atoms with Crippen LogP contribution in [0.3, 0.4) is 0 Å². The molecule has 1 atom stereocenters. The zero-order valence-corrected chi connectivity index (χ0v) is 14.7. The van der Waals surface area contributed by atoms with Gasteiger partial charge in [0.1, 0.15) is 6.04 Å². The van der Waals surface area contributed by atoms with Gasteiger partial charge in [0.2, 0.25) is 5.91 Å². The molecule has 0 bridgehead atoms. The summed E-state index contributed by atoms with van der Waals surface area (Å²) in [5.41, 5.74) is 1.10. The Hall–Kier alpha value is -1.50. The summed E-state index contributed by atoms with van der Waals surface area (Å²) in [5.74, 6) is -0.0957. The highest BCUT2D eigenvalue weighted by atomic mass is 35.5. The van der Waals surface area contributed by atoms with Gasteiger partial charge in [-0.15, -0.1) is 0 Å². The molecule has 2 saturated heterocycles. The van der Waals surface area contributed by atoms with Gasteiger partial charge in [0.05, 0.1) is 10.0 Å². The van der Waals surface area contributed by atoms with Crippen LogP contribution in [0, 0.1) is 0 Å². The highest BCUT2D eigenvalue weighted by molar-refractivity contribution is 6.42. The number of rotatable bonds is 3. The van der Waals surface area contributed by atoms with Crippen LogP contribution in [0.25, 0.3) is 0 Å². The van der Waals surface area contributed by atoms with E-state index in [0.717, 1.165) is 25.2 Å². The summed E-state index contributed by atoms with van der Waals surface area (Å²) in [5, 5.41) is 6.63. The monoisotopic (exact) mass is 370 g/mol. The molecule has 0 aliphatic carbocycles. The number of carbonyl (C=O) groups excluding carboxylic acids is 2. The molecule has 2 aliphatic rings. The van der Waals surface area contributed by atoms with Gasteiger partial charge in [-0.05, 0) is 24.1 Å². The van der Waals surface area contributed by atoms with Crippen LogP contribution in [0.1, 0.15) is 12.0 Å². The number of nitrogens with zero attached hydrogens (tertiary/aromatic N) is 2. The molecule has 2 fully saturated rings. The summed E-state index contributed by atoms with van der Waals surface area (Å²) in [6.45, 7) is 4.25. The molecule has 3 rings (SSSR count). The summed E-state index contributed by atoms with van der Waals surface area (Å²) in [6, 6.07) is 5.08. The second kappa shape index (κ2) is 7.59. The van der Waals surface area contributed by atoms with E-state index in [1.165, 1.54) is 0 Å². The Labute approximate surface area is 151 Å². The lowest BCUT2D eigenvalue weighted by atomic mass is 10.2. The van der Waals surface area contributed by atoms with Crippen molar-refractivity contribution in [3.63, 3.8) is 0 Å².